The lowest BCUT2D eigenvalue weighted by Gasteiger charge is -1.86. The van der Waals surface area contributed by atoms with Crippen LogP contribution in [0.1, 0.15) is 20.8 Å². The fraction of sp³-hybridized carbons (Fsp3) is 0.625. The van der Waals surface area contributed by atoms with E-state index in [1.54, 1.807) is 6.92 Å². The summed E-state index contributed by atoms with van der Waals surface area (Å²) >= 11 is 0. The molecule has 0 aliphatic carbocycles. The van der Waals surface area contributed by atoms with Crippen molar-refractivity contribution in [2.75, 3.05) is 11.5 Å². The molecule has 12 heavy (non-hydrogen) atoms. The van der Waals surface area contributed by atoms with Crippen molar-refractivity contribution >= 4 is 27.5 Å². The van der Waals surface area contributed by atoms with Crippen molar-refractivity contribution in [2.45, 2.75) is 20.8 Å². The summed E-state index contributed by atoms with van der Waals surface area (Å²) in [5, 5.41) is 0. The highest BCUT2D eigenvalue weighted by Crippen LogP contribution is 2.18. The van der Waals surface area contributed by atoms with Gasteiger partial charge in [-0.25, -0.2) is 0 Å². The molecule has 0 aliphatic heterocycles. The average molecular weight is 207 g/mol. The third-order valence-corrected chi connectivity index (χ3v) is 3.29. The van der Waals surface area contributed by atoms with Gasteiger partial charge in [0.2, 0.25) is 5.91 Å². The molecule has 1 amide bonds. The maximum atomic E-state index is 9.82. The lowest BCUT2D eigenvalue weighted by atomic mass is 10.3. The fourth-order valence-electron chi connectivity index (χ4n) is 0.167. The Hall–Kier alpha value is -0.0900. The number of rotatable bonds is 4. The van der Waals surface area contributed by atoms with Gasteiger partial charge in [0.1, 0.15) is 0 Å². The first-order chi connectivity index (χ1) is 5.56. The highest BCUT2D eigenvalue weighted by molar-refractivity contribution is 8.76. The highest BCUT2D eigenvalue weighted by atomic mass is 33.1. The zero-order valence-electron chi connectivity index (χ0n) is 7.92. The Kier molecular flexibility index (Phi) is 13.1. The predicted molar refractivity (Wildman–Crippen MR) is 60.3 cm³/mol. The van der Waals surface area contributed by atoms with Gasteiger partial charge in [-0.3, -0.25) is 4.79 Å². The van der Waals surface area contributed by atoms with Crippen LogP contribution in [0.15, 0.2) is 12.2 Å². The molecule has 0 saturated heterocycles. The number of primary amides is 1. The van der Waals surface area contributed by atoms with Gasteiger partial charge in [-0.05, 0) is 6.92 Å². The van der Waals surface area contributed by atoms with Gasteiger partial charge in [-0.2, -0.15) is 0 Å². The molecule has 0 heterocycles. The minimum Gasteiger partial charge on any atom is -0.366 e. The molecule has 0 fully saturated rings. The van der Waals surface area contributed by atoms with Crippen molar-refractivity contribution in [3.05, 3.63) is 12.2 Å². The largest absolute Gasteiger partial charge is 0.366 e. The number of carbonyl (C=O) groups is 1. The summed E-state index contributed by atoms with van der Waals surface area (Å²) < 4.78 is 0. The molecule has 0 spiro atoms. The van der Waals surface area contributed by atoms with Gasteiger partial charge in [0.25, 0.3) is 0 Å². The van der Waals surface area contributed by atoms with Crippen LogP contribution in [0.4, 0.5) is 0 Å². The van der Waals surface area contributed by atoms with E-state index in [-0.39, 0.29) is 0 Å². The number of carbonyl (C=O) groups excluding carboxylic acids is 1. The first-order valence-corrected chi connectivity index (χ1v) is 6.24. The van der Waals surface area contributed by atoms with E-state index in [1.165, 1.54) is 11.5 Å². The maximum absolute atomic E-state index is 9.82. The minimum atomic E-state index is -0.435. The van der Waals surface area contributed by atoms with Gasteiger partial charge in [0.05, 0.1) is 0 Å². The van der Waals surface area contributed by atoms with Gasteiger partial charge < -0.3 is 5.73 Å². The summed E-state index contributed by atoms with van der Waals surface area (Å²) in [4.78, 5) is 9.82. The van der Waals surface area contributed by atoms with E-state index in [2.05, 4.69) is 20.4 Å². The van der Waals surface area contributed by atoms with E-state index < -0.39 is 5.91 Å². The summed E-state index contributed by atoms with van der Waals surface area (Å²) in [6.07, 6.45) is 0. The number of hydrogen-bond acceptors (Lipinski definition) is 3. The summed E-state index contributed by atoms with van der Waals surface area (Å²) in [5.41, 5.74) is 5.09. The third-order valence-electron chi connectivity index (χ3n) is 0.740. The quantitative estimate of drug-likeness (QED) is 0.437. The molecule has 0 aromatic rings. The summed E-state index contributed by atoms with van der Waals surface area (Å²) in [7, 11) is 3.85. The Morgan fingerprint density at radius 1 is 1.33 bits per heavy atom. The van der Waals surface area contributed by atoms with Crippen molar-refractivity contribution < 1.29 is 4.79 Å². The third kappa shape index (κ3) is 16.5. The van der Waals surface area contributed by atoms with Gasteiger partial charge in [0.15, 0.2) is 0 Å². The van der Waals surface area contributed by atoms with E-state index in [0.29, 0.717) is 5.57 Å². The van der Waals surface area contributed by atoms with Gasteiger partial charge in [-0.1, -0.05) is 42.0 Å². The van der Waals surface area contributed by atoms with Crippen LogP contribution in [0.5, 0.6) is 0 Å². The highest BCUT2D eigenvalue weighted by Gasteiger charge is 1.86. The Morgan fingerprint density at radius 3 is 1.67 bits per heavy atom. The molecule has 0 aliphatic rings. The van der Waals surface area contributed by atoms with Crippen molar-refractivity contribution in [1.82, 2.24) is 0 Å². The van der Waals surface area contributed by atoms with Crippen molar-refractivity contribution in [2.24, 2.45) is 5.73 Å². The zero-order chi connectivity index (χ0) is 9.98. The number of nitrogens with two attached hydrogens (primary N) is 1. The number of hydrogen-bond donors (Lipinski definition) is 1. The van der Waals surface area contributed by atoms with Crippen molar-refractivity contribution in [1.29, 1.82) is 0 Å². The van der Waals surface area contributed by atoms with Crippen LogP contribution >= 0.6 is 21.6 Å². The molecule has 0 bridgehead atoms. The molecule has 0 aromatic carbocycles. The number of amides is 1. The standard InChI is InChI=1S/C4H7NO.C4H10S2/c1-3(2)4(5)6;1-3-5-6-4-2/h1H2,2H3,(H2,5,6);3-4H2,1-2H3. The summed E-state index contributed by atoms with van der Waals surface area (Å²) in [6.45, 7) is 9.20. The van der Waals surface area contributed by atoms with Crippen LogP contribution in [-0.4, -0.2) is 17.4 Å². The molecule has 0 atom stereocenters. The minimum absolute atomic E-state index is 0.398. The Morgan fingerprint density at radius 2 is 1.58 bits per heavy atom. The second kappa shape index (κ2) is 10.9. The lowest BCUT2D eigenvalue weighted by molar-refractivity contribution is -0.114. The second-order valence-corrected chi connectivity index (χ2v) is 5.00. The van der Waals surface area contributed by atoms with Crippen LogP contribution in [0.3, 0.4) is 0 Å². The van der Waals surface area contributed by atoms with Crippen LogP contribution in [-0.2, 0) is 4.79 Å². The maximum Gasteiger partial charge on any atom is 0.243 e. The van der Waals surface area contributed by atoms with E-state index in [1.807, 2.05) is 21.6 Å². The monoisotopic (exact) mass is 207 g/mol. The first kappa shape index (κ1) is 14.4. The molecule has 0 unspecified atom stereocenters. The van der Waals surface area contributed by atoms with E-state index in [4.69, 9.17) is 5.73 Å². The van der Waals surface area contributed by atoms with E-state index >= 15 is 0 Å². The van der Waals surface area contributed by atoms with Crippen molar-refractivity contribution in [3.8, 4) is 0 Å². The lowest BCUT2D eigenvalue weighted by Crippen LogP contribution is -2.10. The fourth-order valence-corrected chi connectivity index (χ4v) is 1.50. The van der Waals surface area contributed by atoms with Gasteiger partial charge in [-0.15, -0.1) is 0 Å². The zero-order valence-corrected chi connectivity index (χ0v) is 9.56. The van der Waals surface area contributed by atoms with Gasteiger partial charge >= 0.3 is 0 Å². The Bertz CT molecular complexity index is 121. The molecule has 0 rings (SSSR count). The summed E-state index contributed by atoms with van der Waals surface area (Å²) in [6, 6.07) is 0. The van der Waals surface area contributed by atoms with Crippen LogP contribution in [0.2, 0.25) is 0 Å². The predicted octanol–water partition coefficient (Wildman–Crippen LogP) is 2.46. The molecule has 2 N–H and O–H groups in total. The molecular weight excluding hydrogens is 190 g/mol. The van der Waals surface area contributed by atoms with Crippen molar-refractivity contribution in [3.63, 3.8) is 0 Å². The molecule has 4 heteroatoms. The molecule has 0 aromatic heterocycles. The van der Waals surface area contributed by atoms with Crippen LogP contribution in [0.25, 0.3) is 0 Å². The molecule has 0 radical (unpaired) electrons. The molecule has 72 valence electrons. The second-order valence-electron chi connectivity index (χ2n) is 1.96. The van der Waals surface area contributed by atoms with E-state index in [0.717, 1.165) is 0 Å². The van der Waals surface area contributed by atoms with Crippen LogP contribution < -0.4 is 5.73 Å². The first-order valence-electron chi connectivity index (χ1n) is 3.75. The Balaban J connectivity index is 0. The normalized spacial score (nSPS) is 8.25. The van der Waals surface area contributed by atoms with E-state index in [9.17, 15) is 4.79 Å². The summed E-state index contributed by atoms with van der Waals surface area (Å²) in [5.74, 6) is 2.03. The average Bonchev–Trinajstić information content (AvgIpc) is 2.02. The Labute approximate surface area is 82.8 Å². The smallest absolute Gasteiger partial charge is 0.243 e. The molecule has 2 nitrogen and oxygen atoms in total. The molecular formula is C8H17NOS2. The topological polar surface area (TPSA) is 43.1 Å². The molecule has 0 saturated carbocycles. The van der Waals surface area contributed by atoms with Crippen LogP contribution in [0, 0.1) is 0 Å². The van der Waals surface area contributed by atoms with Gasteiger partial charge in [0, 0.05) is 17.1 Å². The SMILES string of the molecule is C=C(C)C(N)=O.CCSSCC.